The maximum absolute atomic E-state index is 12.0. The Morgan fingerprint density at radius 3 is 2.56 bits per heavy atom. The van der Waals surface area contributed by atoms with Gasteiger partial charge in [-0.2, -0.15) is 0 Å². The van der Waals surface area contributed by atoms with E-state index in [0.29, 0.717) is 4.34 Å². The molecule has 0 saturated heterocycles. The third-order valence-electron chi connectivity index (χ3n) is 1.97. The molecule has 0 spiro atoms. The lowest BCUT2D eigenvalue weighted by atomic mass is 10.5. The zero-order chi connectivity index (χ0) is 13.3. The van der Waals surface area contributed by atoms with Gasteiger partial charge in [-0.05, 0) is 28.1 Å². The molecular weight excluding hydrogens is 401 g/mol. The smallest absolute Gasteiger partial charge is 0.207 e. The molecule has 2 aromatic rings. The van der Waals surface area contributed by atoms with Crippen LogP contribution in [0.5, 0.6) is 0 Å². The van der Waals surface area contributed by atoms with Crippen molar-refractivity contribution in [1.82, 2.24) is 4.72 Å². The molecule has 9 heteroatoms. The maximum atomic E-state index is 12.0. The van der Waals surface area contributed by atoms with Crippen LogP contribution >= 0.6 is 61.8 Å². The quantitative estimate of drug-likeness (QED) is 0.819. The van der Waals surface area contributed by atoms with Crippen molar-refractivity contribution in [2.45, 2.75) is 11.4 Å². The fourth-order valence-electron chi connectivity index (χ4n) is 1.20. The van der Waals surface area contributed by atoms with Gasteiger partial charge in [-0.15, -0.1) is 22.7 Å². The molecule has 0 aliphatic heterocycles. The van der Waals surface area contributed by atoms with Crippen LogP contribution in [0, 0.1) is 0 Å². The standard InChI is InChI=1S/C9H6BrCl2NO2S3/c10-5-1-6(16-4-5)3-13-18(14,15)7-2-8(11)17-9(7)12/h1-2,4,13H,3H2. The molecule has 0 bridgehead atoms. The molecule has 0 aliphatic rings. The van der Waals surface area contributed by atoms with E-state index in [-0.39, 0.29) is 15.8 Å². The monoisotopic (exact) mass is 405 g/mol. The predicted molar refractivity (Wildman–Crippen MR) is 80.4 cm³/mol. The molecule has 3 nitrogen and oxygen atoms in total. The van der Waals surface area contributed by atoms with Gasteiger partial charge in [0.25, 0.3) is 0 Å². The summed E-state index contributed by atoms with van der Waals surface area (Å²) in [5, 5.41) is 1.89. The third kappa shape index (κ3) is 3.47. The molecule has 2 heterocycles. The highest BCUT2D eigenvalue weighted by Crippen LogP contribution is 2.34. The topological polar surface area (TPSA) is 46.2 Å². The van der Waals surface area contributed by atoms with E-state index in [9.17, 15) is 8.42 Å². The summed E-state index contributed by atoms with van der Waals surface area (Å²) in [7, 11) is -3.62. The van der Waals surface area contributed by atoms with E-state index in [0.717, 1.165) is 20.7 Å². The molecule has 18 heavy (non-hydrogen) atoms. The Morgan fingerprint density at radius 1 is 1.33 bits per heavy atom. The molecule has 2 rings (SSSR count). The van der Waals surface area contributed by atoms with Crippen molar-refractivity contribution in [3.8, 4) is 0 Å². The summed E-state index contributed by atoms with van der Waals surface area (Å²) in [6.07, 6.45) is 0. The Balaban J connectivity index is 2.15. The average Bonchev–Trinajstić information content (AvgIpc) is 2.82. The van der Waals surface area contributed by atoms with Crippen molar-refractivity contribution < 1.29 is 8.42 Å². The van der Waals surface area contributed by atoms with Gasteiger partial charge in [0.1, 0.15) is 9.23 Å². The molecule has 2 aromatic heterocycles. The van der Waals surface area contributed by atoms with Gasteiger partial charge in [-0.1, -0.05) is 23.2 Å². The highest BCUT2D eigenvalue weighted by molar-refractivity contribution is 9.10. The van der Waals surface area contributed by atoms with E-state index < -0.39 is 10.0 Å². The molecule has 98 valence electrons. The van der Waals surface area contributed by atoms with E-state index in [1.807, 2.05) is 11.4 Å². The number of rotatable bonds is 4. The number of nitrogens with one attached hydrogen (secondary N) is 1. The van der Waals surface area contributed by atoms with Crippen LogP contribution in [-0.2, 0) is 16.6 Å². The Kier molecular flexibility index (Phi) is 4.75. The SMILES string of the molecule is O=S(=O)(NCc1cc(Br)cs1)c1cc(Cl)sc1Cl. The maximum Gasteiger partial charge on any atom is 0.243 e. The van der Waals surface area contributed by atoms with Crippen molar-refractivity contribution in [2.75, 3.05) is 0 Å². The minimum absolute atomic E-state index is 0.0230. The Labute approximate surface area is 131 Å². The molecule has 0 unspecified atom stereocenters. The zero-order valence-corrected chi connectivity index (χ0v) is 14.2. The van der Waals surface area contributed by atoms with Crippen molar-refractivity contribution in [3.05, 3.63) is 35.5 Å². The average molecular weight is 407 g/mol. The summed E-state index contributed by atoms with van der Waals surface area (Å²) in [6.45, 7) is 0.225. The van der Waals surface area contributed by atoms with Crippen LogP contribution < -0.4 is 4.72 Å². The van der Waals surface area contributed by atoms with Crippen LogP contribution in [0.25, 0.3) is 0 Å². The molecule has 0 atom stereocenters. The largest absolute Gasteiger partial charge is 0.243 e. The van der Waals surface area contributed by atoms with Gasteiger partial charge < -0.3 is 0 Å². The van der Waals surface area contributed by atoms with Gasteiger partial charge in [0.15, 0.2) is 0 Å². The lowest BCUT2D eigenvalue weighted by Gasteiger charge is -2.03. The first-order chi connectivity index (χ1) is 8.38. The number of hydrogen-bond donors (Lipinski definition) is 1. The van der Waals surface area contributed by atoms with Gasteiger partial charge >= 0.3 is 0 Å². The van der Waals surface area contributed by atoms with E-state index in [4.69, 9.17) is 23.2 Å². The first kappa shape index (κ1) is 14.8. The van der Waals surface area contributed by atoms with E-state index in [1.165, 1.54) is 17.4 Å². The van der Waals surface area contributed by atoms with Crippen LogP contribution in [0.15, 0.2) is 26.9 Å². The molecule has 0 saturated carbocycles. The van der Waals surface area contributed by atoms with Crippen molar-refractivity contribution in [2.24, 2.45) is 0 Å². The minimum Gasteiger partial charge on any atom is -0.207 e. The summed E-state index contributed by atoms with van der Waals surface area (Å²) in [5.41, 5.74) is 0. The summed E-state index contributed by atoms with van der Waals surface area (Å²) >= 11 is 17.4. The van der Waals surface area contributed by atoms with Crippen LogP contribution in [0.3, 0.4) is 0 Å². The summed E-state index contributed by atoms with van der Waals surface area (Å²) in [5.74, 6) is 0. The van der Waals surface area contributed by atoms with Crippen LogP contribution in [0.4, 0.5) is 0 Å². The highest BCUT2D eigenvalue weighted by atomic mass is 79.9. The summed E-state index contributed by atoms with van der Waals surface area (Å²) in [6, 6.07) is 3.20. The fraction of sp³-hybridized carbons (Fsp3) is 0.111. The molecule has 1 N–H and O–H groups in total. The molecular formula is C9H6BrCl2NO2S3. The molecule has 0 amide bonds. The van der Waals surface area contributed by atoms with Crippen LogP contribution in [0.2, 0.25) is 8.67 Å². The minimum atomic E-state index is -3.62. The second kappa shape index (κ2) is 5.78. The van der Waals surface area contributed by atoms with Gasteiger partial charge in [0.05, 0.1) is 4.34 Å². The number of thiophene rings is 2. The second-order valence-electron chi connectivity index (χ2n) is 3.24. The van der Waals surface area contributed by atoms with Gasteiger partial charge in [0, 0.05) is 21.3 Å². The first-order valence-corrected chi connectivity index (χ1v) is 9.29. The second-order valence-corrected chi connectivity index (χ2v) is 9.18. The lowest BCUT2D eigenvalue weighted by Crippen LogP contribution is -2.22. The zero-order valence-electron chi connectivity index (χ0n) is 8.61. The summed E-state index contributed by atoms with van der Waals surface area (Å²) in [4.78, 5) is 0.928. The number of sulfonamides is 1. The fourth-order valence-corrected chi connectivity index (χ4v) is 5.83. The van der Waals surface area contributed by atoms with Crippen molar-refractivity contribution >= 4 is 71.8 Å². The van der Waals surface area contributed by atoms with Gasteiger partial charge in [-0.25, -0.2) is 13.1 Å². The summed E-state index contributed by atoms with van der Waals surface area (Å²) < 4.78 is 27.9. The van der Waals surface area contributed by atoms with E-state index in [1.54, 1.807) is 0 Å². The predicted octanol–water partition coefficient (Wildman–Crippen LogP) is 4.36. The Hall–Kier alpha value is 0.370. The molecule has 0 aromatic carbocycles. The van der Waals surface area contributed by atoms with Crippen LogP contribution in [0.1, 0.15) is 4.88 Å². The highest BCUT2D eigenvalue weighted by Gasteiger charge is 2.20. The lowest BCUT2D eigenvalue weighted by molar-refractivity contribution is 0.582. The van der Waals surface area contributed by atoms with E-state index >= 15 is 0 Å². The Bertz CT molecular complexity index is 665. The first-order valence-electron chi connectivity index (χ1n) is 4.56. The molecule has 0 fully saturated rings. The Morgan fingerprint density at radius 2 is 2.06 bits per heavy atom. The number of halogens is 3. The number of hydrogen-bond acceptors (Lipinski definition) is 4. The van der Waals surface area contributed by atoms with Gasteiger partial charge in [0.2, 0.25) is 10.0 Å². The molecule has 0 aliphatic carbocycles. The van der Waals surface area contributed by atoms with Crippen molar-refractivity contribution in [1.29, 1.82) is 0 Å². The van der Waals surface area contributed by atoms with Crippen LogP contribution in [-0.4, -0.2) is 8.42 Å². The normalized spacial score (nSPS) is 11.9. The van der Waals surface area contributed by atoms with E-state index in [2.05, 4.69) is 20.7 Å². The third-order valence-corrected chi connectivity index (χ3v) is 6.82. The molecule has 0 radical (unpaired) electrons. The van der Waals surface area contributed by atoms with Crippen molar-refractivity contribution in [3.63, 3.8) is 0 Å². The van der Waals surface area contributed by atoms with Gasteiger partial charge in [-0.3, -0.25) is 0 Å².